The maximum atomic E-state index is 12.0. The molecule has 128 valence electrons. The van der Waals surface area contributed by atoms with Gasteiger partial charge in [0.05, 0.1) is 6.61 Å². The Bertz CT molecular complexity index is 545. The highest BCUT2D eigenvalue weighted by Crippen LogP contribution is 2.32. The van der Waals surface area contributed by atoms with E-state index in [1.54, 1.807) is 20.8 Å². The van der Waals surface area contributed by atoms with Crippen LogP contribution in [-0.2, 0) is 16.0 Å². The van der Waals surface area contributed by atoms with Crippen LogP contribution in [0.5, 0.6) is 5.75 Å². The molecule has 1 aromatic carbocycles. The topological polar surface area (TPSA) is 38.8 Å². The predicted octanol–water partition coefficient (Wildman–Crippen LogP) is 3.79. The standard InChI is InChI=1S/C18H26ClNO3/c1-4-22-17(21)18(2,3)23-15-8-9-16-14(13-15)7-5-11-20(16)12-6-10-19/h8-9,13H,4-7,10-12H2,1-3H3. The first-order valence-electron chi connectivity index (χ1n) is 8.28. The van der Waals surface area contributed by atoms with Crippen LogP contribution in [0.15, 0.2) is 18.2 Å². The minimum Gasteiger partial charge on any atom is -0.476 e. The lowest BCUT2D eigenvalue weighted by Crippen LogP contribution is -2.39. The summed E-state index contributed by atoms with van der Waals surface area (Å²) in [4.78, 5) is 14.3. The summed E-state index contributed by atoms with van der Waals surface area (Å²) in [7, 11) is 0. The molecule has 0 saturated carbocycles. The van der Waals surface area contributed by atoms with Gasteiger partial charge in [-0.3, -0.25) is 0 Å². The summed E-state index contributed by atoms with van der Waals surface area (Å²) in [6.45, 7) is 7.66. The largest absolute Gasteiger partial charge is 0.476 e. The number of ether oxygens (including phenoxy) is 2. The molecule has 0 radical (unpaired) electrons. The molecule has 0 atom stereocenters. The Hall–Kier alpha value is -1.42. The fourth-order valence-electron chi connectivity index (χ4n) is 2.84. The molecule has 0 N–H and O–H groups in total. The smallest absolute Gasteiger partial charge is 0.349 e. The Balaban J connectivity index is 2.13. The van der Waals surface area contributed by atoms with Gasteiger partial charge in [0.1, 0.15) is 5.75 Å². The fraction of sp³-hybridized carbons (Fsp3) is 0.611. The van der Waals surface area contributed by atoms with Gasteiger partial charge in [-0.25, -0.2) is 4.79 Å². The first-order valence-corrected chi connectivity index (χ1v) is 8.81. The first kappa shape index (κ1) is 17.9. The molecule has 1 heterocycles. The summed E-state index contributed by atoms with van der Waals surface area (Å²) in [5, 5.41) is 0. The van der Waals surface area contributed by atoms with E-state index in [1.165, 1.54) is 11.3 Å². The second-order valence-corrected chi connectivity index (χ2v) is 6.63. The van der Waals surface area contributed by atoms with E-state index in [0.717, 1.165) is 32.4 Å². The van der Waals surface area contributed by atoms with E-state index in [-0.39, 0.29) is 5.97 Å². The molecular formula is C18H26ClNO3. The summed E-state index contributed by atoms with van der Waals surface area (Å²) < 4.78 is 11.0. The highest BCUT2D eigenvalue weighted by atomic mass is 35.5. The van der Waals surface area contributed by atoms with E-state index >= 15 is 0 Å². The Kier molecular flexibility index (Phi) is 6.17. The van der Waals surface area contributed by atoms with Gasteiger partial charge in [-0.2, -0.15) is 0 Å². The van der Waals surface area contributed by atoms with Crippen LogP contribution in [0.1, 0.15) is 39.2 Å². The number of halogens is 1. The van der Waals surface area contributed by atoms with Crippen LogP contribution in [0.25, 0.3) is 0 Å². The maximum Gasteiger partial charge on any atom is 0.349 e. The second kappa shape index (κ2) is 7.91. The molecule has 4 nitrogen and oxygen atoms in total. The van der Waals surface area contributed by atoms with Crippen molar-refractivity contribution in [1.82, 2.24) is 0 Å². The lowest BCUT2D eigenvalue weighted by Gasteiger charge is -2.32. The molecule has 1 aromatic rings. The van der Waals surface area contributed by atoms with Crippen molar-refractivity contribution in [3.05, 3.63) is 23.8 Å². The Morgan fingerprint density at radius 2 is 2.17 bits per heavy atom. The maximum absolute atomic E-state index is 12.0. The third-order valence-corrected chi connectivity index (χ3v) is 4.23. The van der Waals surface area contributed by atoms with Crippen molar-refractivity contribution in [3.8, 4) is 5.75 Å². The number of carbonyl (C=O) groups is 1. The molecule has 2 rings (SSSR count). The van der Waals surface area contributed by atoms with Gasteiger partial charge in [-0.15, -0.1) is 11.6 Å². The molecule has 0 aromatic heterocycles. The molecule has 0 unspecified atom stereocenters. The minimum atomic E-state index is -0.989. The van der Waals surface area contributed by atoms with E-state index < -0.39 is 5.60 Å². The van der Waals surface area contributed by atoms with E-state index in [9.17, 15) is 4.79 Å². The number of benzene rings is 1. The number of rotatable bonds is 7. The zero-order valence-corrected chi connectivity index (χ0v) is 15.0. The zero-order chi connectivity index (χ0) is 16.9. The number of fused-ring (bicyclic) bond motifs is 1. The van der Waals surface area contributed by atoms with E-state index in [1.807, 2.05) is 12.1 Å². The van der Waals surface area contributed by atoms with Crippen LogP contribution < -0.4 is 9.64 Å². The molecule has 0 aliphatic carbocycles. The quantitative estimate of drug-likeness (QED) is 0.559. The molecule has 5 heteroatoms. The van der Waals surface area contributed by atoms with Crippen LogP contribution in [0.3, 0.4) is 0 Å². The number of esters is 1. The van der Waals surface area contributed by atoms with E-state index in [2.05, 4.69) is 11.0 Å². The first-order chi connectivity index (χ1) is 11.0. The Labute approximate surface area is 143 Å². The molecule has 23 heavy (non-hydrogen) atoms. The van der Waals surface area contributed by atoms with Crippen LogP contribution in [0, 0.1) is 0 Å². The molecule has 1 aliphatic rings. The molecule has 0 spiro atoms. The van der Waals surface area contributed by atoms with Crippen molar-refractivity contribution in [2.45, 2.75) is 45.6 Å². The van der Waals surface area contributed by atoms with Crippen molar-refractivity contribution in [2.75, 3.05) is 30.5 Å². The van der Waals surface area contributed by atoms with Crippen molar-refractivity contribution >= 4 is 23.3 Å². The predicted molar refractivity (Wildman–Crippen MR) is 93.7 cm³/mol. The van der Waals surface area contributed by atoms with Gasteiger partial charge < -0.3 is 14.4 Å². The van der Waals surface area contributed by atoms with Crippen molar-refractivity contribution in [2.24, 2.45) is 0 Å². The normalized spacial score (nSPS) is 14.3. The average Bonchev–Trinajstić information content (AvgIpc) is 2.52. The number of hydrogen-bond donors (Lipinski definition) is 0. The SMILES string of the molecule is CCOC(=O)C(C)(C)Oc1ccc2c(c1)CCCN2CCCCl. The van der Waals surface area contributed by atoms with Gasteiger partial charge in [0, 0.05) is 24.7 Å². The highest BCUT2D eigenvalue weighted by molar-refractivity contribution is 6.17. The minimum absolute atomic E-state index is 0.346. The van der Waals surface area contributed by atoms with Gasteiger partial charge >= 0.3 is 5.97 Å². The van der Waals surface area contributed by atoms with Crippen LogP contribution in [0.4, 0.5) is 5.69 Å². The van der Waals surface area contributed by atoms with Gasteiger partial charge in [-0.1, -0.05) is 0 Å². The molecule has 1 aliphatic heterocycles. The number of carbonyl (C=O) groups excluding carboxylic acids is 1. The van der Waals surface area contributed by atoms with Crippen molar-refractivity contribution in [3.63, 3.8) is 0 Å². The lowest BCUT2D eigenvalue weighted by atomic mass is 10.0. The highest BCUT2D eigenvalue weighted by Gasteiger charge is 2.32. The van der Waals surface area contributed by atoms with Crippen molar-refractivity contribution in [1.29, 1.82) is 0 Å². The number of anilines is 1. The number of aryl methyl sites for hydroxylation is 1. The van der Waals surface area contributed by atoms with Gasteiger partial charge in [0.2, 0.25) is 0 Å². The number of hydrogen-bond acceptors (Lipinski definition) is 4. The molecule has 0 bridgehead atoms. The van der Waals surface area contributed by atoms with Crippen LogP contribution in [0.2, 0.25) is 0 Å². The second-order valence-electron chi connectivity index (χ2n) is 6.26. The monoisotopic (exact) mass is 339 g/mol. The van der Waals surface area contributed by atoms with Crippen LogP contribution >= 0.6 is 11.6 Å². The van der Waals surface area contributed by atoms with E-state index in [0.29, 0.717) is 18.2 Å². The summed E-state index contributed by atoms with van der Waals surface area (Å²) >= 11 is 5.81. The fourth-order valence-corrected chi connectivity index (χ4v) is 2.96. The average molecular weight is 340 g/mol. The van der Waals surface area contributed by atoms with Crippen molar-refractivity contribution < 1.29 is 14.3 Å². The van der Waals surface area contributed by atoms with E-state index in [4.69, 9.17) is 21.1 Å². The molecule has 0 saturated heterocycles. The summed E-state index contributed by atoms with van der Waals surface area (Å²) in [6.07, 6.45) is 3.14. The van der Waals surface area contributed by atoms with Gasteiger partial charge in [0.25, 0.3) is 0 Å². The lowest BCUT2D eigenvalue weighted by molar-refractivity contribution is -0.158. The Morgan fingerprint density at radius 3 is 2.87 bits per heavy atom. The van der Waals surface area contributed by atoms with Gasteiger partial charge in [0.15, 0.2) is 5.60 Å². The number of nitrogens with zero attached hydrogens (tertiary/aromatic N) is 1. The third-order valence-electron chi connectivity index (χ3n) is 3.97. The summed E-state index contributed by atoms with van der Waals surface area (Å²) in [5.74, 6) is 1.04. The summed E-state index contributed by atoms with van der Waals surface area (Å²) in [6, 6.07) is 6.06. The third kappa shape index (κ3) is 4.54. The van der Waals surface area contributed by atoms with Gasteiger partial charge in [-0.05, 0) is 63.8 Å². The molecule has 0 fully saturated rings. The summed E-state index contributed by atoms with van der Waals surface area (Å²) in [5.41, 5.74) is 1.53. The van der Waals surface area contributed by atoms with Crippen LogP contribution in [-0.4, -0.2) is 37.1 Å². The molecule has 0 amide bonds. The number of alkyl halides is 1. The zero-order valence-electron chi connectivity index (χ0n) is 14.2. The Morgan fingerprint density at radius 1 is 1.39 bits per heavy atom. The molecular weight excluding hydrogens is 314 g/mol.